The van der Waals surface area contributed by atoms with Crippen LogP contribution in [0.4, 0.5) is 10.7 Å². The van der Waals surface area contributed by atoms with Crippen LogP contribution in [0.15, 0.2) is 29.6 Å². The zero-order valence-electron chi connectivity index (χ0n) is 12.8. The predicted molar refractivity (Wildman–Crippen MR) is 96.5 cm³/mol. The largest absolute Gasteiger partial charge is 0.462 e. The summed E-state index contributed by atoms with van der Waals surface area (Å²) in [4.78, 5) is 33.2. The molecule has 0 radical (unpaired) electrons. The SMILES string of the molecule is CCOC(=O)c1c(-c2cccc([N+](=O)[O-])c2)csc1NC(=O)C(Cl)Cl. The molecule has 0 aliphatic rings. The Morgan fingerprint density at radius 1 is 1.40 bits per heavy atom. The zero-order chi connectivity index (χ0) is 18.6. The van der Waals surface area contributed by atoms with Gasteiger partial charge in [0.15, 0.2) is 4.84 Å². The van der Waals surface area contributed by atoms with Gasteiger partial charge in [0, 0.05) is 23.1 Å². The Morgan fingerprint density at radius 3 is 2.72 bits per heavy atom. The lowest BCUT2D eigenvalue weighted by Gasteiger charge is -2.09. The number of amides is 1. The molecule has 0 fully saturated rings. The number of hydrogen-bond acceptors (Lipinski definition) is 6. The molecule has 0 aliphatic heterocycles. The molecule has 25 heavy (non-hydrogen) atoms. The van der Waals surface area contributed by atoms with Gasteiger partial charge in [-0.25, -0.2) is 4.79 Å². The Bertz CT molecular complexity index is 822. The van der Waals surface area contributed by atoms with Crippen LogP contribution in [0.1, 0.15) is 17.3 Å². The van der Waals surface area contributed by atoms with E-state index in [1.54, 1.807) is 18.4 Å². The average Bonchev–Trinajstić information content (AvgIpc) is 2.98. The van der Waals surface area contributed by atoms with Crippen molar-refractivity contribution in [1.29, 1.82) is 0 Å². The molecule has 2 rings (SSSR count). The molecule has 0 aliphatic carbocycles. The Balaban J connectivity index is 2.52. The summed E-state index contributed by atoms with van der Waals surface area (Å²) in [5, 5.41) is 15.2. The molecule has 0 saturated carbocycles. The number of esters is 1. The number of carbonyl (C=O) groups excluding carboxylic acids is 2. The molecule has 1 N–H and O–H groups in total. The van der Waals surface area contributed by atoms with Crippen LogP contribution in [-0.4, -0.2) is 28.2 Å². The summed E-state index contributed by atoms with van der Waals surface area (Å²) in [6.07, 6.45) is 0. The first kappa shape index (κ1) is 19.2. The molecule has 0 atom stereocenters. The number of thiophene rings is 1. The van der Waals surface area contributed by atoms with Gasteiger partial charge in [0.2, 0.25) is 0 Å². The van der Waals surface area contributed by atoms with E-state index in [0.717, 1.165) is 11.3 Å². The zero-order valence-corrected chi connectivity index (χ0v) is 15.2. The van der Waals surface area contributed by atoms with Gasteiger partial charge in [0.25, 0.3) is 11.6 Å². The highest BCUT2D eigenvalue weighted by molar-refractivity contribution is 7.15. The number of benzene rings is 1. The number of rotatable bonds is 6. The minimum atomic E-state index is -1.31. The maximum Gasteiger partial charge on any atom is 0.341 e. The van der Waals surface area contributed by atoms with Crippen LogP contribution in [0.5, 0.6) is 0 Å². The third kappa shape index (κ3) is 4.47. The van der Waals surface area contributed by atoms with Crippen molar-refractivity contribution in [2.75, 3.05) is 11.9 Å². The number of halogens is 2. The van der Waals surface area contributed by atoms with Gasteiger partial charge in [-0.2, -0.15) is 0 Å². The number of nitro benzene ring substituents is 1. The first-order valence-corrected chi connectivity index (χ1v) is 8.72. The van der Waals surface area contributed by atoms with E-state index in [1.807, 2.05) is 0 Å². The second-order valence-corrected chi connectivity index (χ2v) is 6.65. The number of non-ortho nitro benzene ring substituents is 1. The van der Waals surface area contributed by atoms with E-state index in [1.165, 1.54) is 18.2 Å². The fraction of sp³-hybridized carbons (Fsp3) is 0.200. The van der Waals surface area contributed by atoms with Crippen LogP contribution in [0.25, 0.3) is 11.1 Å². The molecule has 1 aromatic carbocycles. The smallest absolute Gasteiger partial charge is 0.341 e. The second kappa shape index (κ2) is 8.28. The molecule has 2 aromatic rings. The molecular weight excluding hydrogens is 391 g/mol. The van der Waals surface area contributed by atoms with Crippen LogP contribution in [-0.2, 0) is 9.53 Å². The van der Waals surface area contributed by atoms with Gasteiger partial charge in [-0.05, 0) is 12.5 Å². The summed E-state index contributed by atoms with van der Waals surface area (Å²) in [6.45, 7) is 1.77. The normalized spacial score (nSPS) is 10.6. The van der Waals surface area contributed by atoms with E-state index in [4.69, 9.17) is 27.9 Å². The average molecular weight is 403 g/mol. The Kier molecular flexibility index (Phi) is 6.35. The van der Waals surface area contributed by atoms with Crippen molar-refractivity contribution >= 4 is 57.1 Å². The number of nitrogens with zero attached hydrogens (tertiary/aromatic N) is 1. The quantitative estimate of drug-likeness (QED) is 0.337. The summed E-state index contributed by atoms with van der Waals surface area (Å²) < 4.78 is 5.03. The topological polar surface area (TPSA) is 98.5 Å². The monoisotopic (exact) mass is 402 g/mol. The molecular formula is C15H12Cl2N2O5S. The summed E-state index contributed by atoms with van der Waals surface area (Å²) >= 11 is 12.1. The molecule has 1 heterocycles. The standard InChI is InChI=1S/C15H12Cl2N2O5S/c1-2-24-15(21)11-10(7-25-14(11)18-13(20)12(16)17)8-4-3-5-9(6-8)19(22)23/h3-7,12H,2H2,1H3,(H,18,20). The summed E-state index contributed by atoms with van der Waals surface area (Å²) in [6, 6.07) is 5.80. The van der Waals surface area contributed by atoms with Crippen molar-refractivity contribution < 1.29 is 19.2 Å². The van der Waals surface area contributed by atoms with E-state index < -0.39 is 21.6 Å². The van der Waals surface area contributed by atoms with Crippen LogP contribution < -0.4 is 5.32 Å². The Hall–Kier alpha value is -2.16. The van der Waals surface area contributed by atoms with Crippen molar-refractivity contribution in [3.05, 3.63) is 45.3 Å². The van der Waals surface area contributed by atoms with Gasteiger partial charge in [0.05, 0.1) is 11.5 Å². The van der Waals surface area contributed by atoms with Crippen molar-refractivity contribution in [2.24, 2.45) is 0 Å². The van der Waals surface area contributed by atoms with Gasteiger partial charge in [0.1, 0.15) is 10.6 Å². The van der Waals surface area contributed by atoms with Crippen molar-refractivity contribution in [1.82, 2.24) is 0 Å². The lowest BCUT2D eigenvalue weighted by molar-refractivity contribution is -0.384. The van der Waals surface area contributed by atoms with Gasteiger partial charge in [-0.1, -0.05) is 35.3 Å². The van der Waals surface area contributed by atoms with Gasteiger partial charge >= 0.3 is 5.97 Å². The molecule has 132 valence electrons. The fourth-order valence-corrected chi connectivity index (χ4v) is 3.09. The molecule has 10 heteroatoms. The highest BCUT2D eigenvalue weighted by Gasteiger charge is 2.24. The van der Waals surface area contributed by atoms with E-state index in [0.29, 0.717) is 11.1 Å². The number of carbonyl (C=O) groups is 2. The highest BCUT2D eigenvalue weighted by Crippen LogP contribution is 2.37. The van der Waals surface area contributed by atoms with E-state index in [-0.39, 0.29) is 22.9 Å². The van der Waals surface area contributed by atoms with E-state index >= 15 is 0 Å². The first-order chi connectivity index (χ1) is 11.8. The Morgan fingerprint density at radius 2 is 2.12 bits per heavy atom. The maximum absolute atomic E-state index is 12.3. The third-order valence-electron chi connectivity index (χ3n) is 3.07. The predicted octanol–water partition coefficient (Wildman–Crippen LogP) is 4.24. The summed E-state index contributed by atoms with van der Waals surface area (Å²) in [5.74, 6) is -1.36. The molecule has 0 unspecified atom stereocenters. The highest BCUT2D eigenvalue weighted by atomic mass is 35.5. The van der Waals surface area contributed by atoms with E-state index in [2.05, 4.69) is 5.32 Å². The minimum Gasteiger partial charge on any atom is -0.462 e. The van der Waals surface area contributed by atoms with Gasteiger partial charge in [-0.3, -0.25) is 14.9 Å². The molecule has 1 amide bonds. The fourth-order valence-electron chi connectivity index (χ4n) is 2.02. The number of alkyl halides is 2. The van der Waals surface area contributed by atoms with Crippen molar-refractivity contribution in [3.8, 4) is 11.1 Å². The minimum absolute atomic E-state index is 0.0923. The molecule has 1 aromatic heterocycles. The molecule has 0 saturated heterocycles. The van der Waals surface area contributed by atoms with Crippen LogP contribution in [0.2, 0.25) is 0 Å². The van der Waals surface area contributed by atoms with Crippen molar-refractivity contribution in [2.45, 2.75) is 11.8 Å². The Labute approximate surface area is 156 Å². The maximum atomic E-state index is 12.3. The van der Waals surface area contributed by atoms with Crippen LogP contribution in [0, 0.1) is 10.1 Å². The van der Waals surface area contributed by atoms with Gasteiger partial charge < -0.3 is 10.1 Å². The number of nitrogens with one attached hydrogen (secondary N) is 1. The van der Waals surface area contributed by atoms with E-state index in [9.17, 15) is 19.7 Å². The number of anilines is 1. The number of hydrogen-bond donors (Lipinski definition) is 1. The number of ether oxygens (including phenoxy) is 1. The van der Waals surface area contributed by atoms with Crippen molar-refractivity contribution in [3.63, 3.8) is 0 Å². The molecule has 7 nitrogen and oxygen atoms in total. The lowest BCUT2D eigenvalue weighted by atomic mass is 10.0. The number of nitro groups is 1. The first-order valence-electron chi connectivity index (χ1n) is 6.97. The van der Waals surface area contributed by atoms with Crippen LogP contribution in [0.3, 0.4) is 0 Å². The summed E-state index contributed by atoms with van der Waals surface area (Å²) in [5.41, 5.74) is 0.825. The van der Waals surface area contributed by atoms with Crippen LogP contribution >= 0.6 is 34.5 Å². The molecule has 0 bridgehead atoms. The van der Waals surface area contributed by atoms with Gasteiger partial charge in [-0.15, -0.1) is 11.3 Å². The molecule has 0 spiro atoms. The third-order valence-corrected chi connectivity index (χ3v) is 4.37. The lowest BCUT2D eigenvalue weighted by Crippen LogP contribution is -2.19. The second-order valence-electron chi connectivity index (χ2n) is 4.67. The summed E-state index contributed by atoms with van der Waals surface area (Å²) in [7, 11) is 0.